The molecule has 1 fully saturated rings. The van der Waals surface area contributed by atoms with Gasteiger partial charge in [-0.05, 0) is 48.0 Å². The van der Waals surface area contributed by atoms with Crippen LogP contribution in [-0.2, 0) is 13.1 Å². The van der Waals surface area contributed by atoms with Gasteiger partial charge < -0.3 is 31.0 Å². The van der Waals surface area contributed by atoms with Crippen LogP contribution in [0.25, 0.3) is 0 Å². The Kier molecular flexibility index (Phi) is 10.2. The molecule has 0 bridgehead atoms. The molecule has 1 aliphatic heterocycles. The van der Waals surface area contributed by atoms with Gasteiger partial charge in [-0.3, -0.25) is 19.4 Å². The first-order chi connectivity index (χ1) is 20.2. The molecular formula is C30H35ClN6O5. The third-order valence-corrected chi connectivity index (χ3v) is 7.23. The van der Waals surface area contributed by atoms with Crippen molar-refractivity contribution in [2.24, 2.45) is 16.5 Å². The Balaban J connectivity index is 1.47. The van der Waals surface area contributed by atoms with Crippen molar-refractivity contribution < 1.29 is 23.8 Å². The van der Waals surface area contributed by atoms with Gasteiger partial charge in [0.15, 0.2) is 17.5 Å². The molecule has 4 rings (SSSR count). The third-order valence-electron chi connectivity index (χ3n) is 6.98. The maximum Gasteiger partial charge on any atom is 0.280 e. The van der Waals surface area contributed by atoms with Crippen LogP contribution < -0.4 is 31.0 Å². The summed E-state index contributed by atoms with van der Waals surface area (Å²) in [6.45, 7) is 4.52. The molecule has 1 heterocycles. The van der Waals surface area contributed by atoms with E-state index in [1.54, 1.807) is 57.7 Å². The lowest BCUT2D eigenvalue weighted by molar-refractivity contribution is 0.0998. The fourth-order valence-corrected chi connectivity index (χ4v) is 4.94. The Labute approximate surface area is 250 Å². The second kappa shape index (κ2) is 14.0. The monoisotopic (exact) mass is 594 g/mol. The molecule has 0 aromatic heterocycles. The van der Waals surface area contributed by atoms with Crippen LogP contribution >= 0.6 is 11.6 Å². The largest absolute Gasteiger partial charge is 0.493 e. The summed E-state index contributed by atoms with van der Waals surface area (Å²) in [7, 11) is 4.82. The van der Waals surface area contributed by atoms with Gasteiger partial charge in [-0.25, -0.2) is 0 Å². The fourth-order valence-electron chi connectivity index (χ4n) is 4.82. The number of carbonyl (C=O) groups excluding carboxylic acids is 2. The van der Waals surface area contributed by atoms with Gasteiger partial charge in [0.05, 0.1) is 21.3 Å². The average molecular weight is 595 g/mol. The molecule has 222 valence electrons. The standard InChI is InChI=1S/C30H35ClN6O5/c1-40-25-11-8-22(26(41-2)27(25)42-3)18-37-14-12-36(13-15-37)17-21-5-4-20(29(39)35-30(32)33)16-24(21)34-28(38)19-6-9-23(31)10-7-19/h4-11,16H,12-15,17-18H2,1-3H3,(H,34,38)(H4,32,33,35,39). The number of aliphatic imine (C=N–C) groups is 1. The number of halogens is 1. The average Bonchev–Trinajstić information content (AvgIpc) is 2.98. The number of methoxy groups -OCH3 is 3. The molecule has 12 heteroatoms. The molecule has 1 saturated heterocycles. The summed E-state index contributed by atoms with van der Waals surface area (Å²) in [6.07, 6.45) is 0. The number of nitrogens with zero attached hydrogens (tertiary/aromatic N) is 3. The number of nitrogens with two attached hydrogens (primary N) is 2. The number of piperazine rings is 1. The molecule has 0 spiro atoms. The van der Waals surface area contributed by atoms with Crippen molar-refractivity contribution in [3.63, 3.8) is 0 Å². The van der Waals surface area contributed by atoms with Crippen molar-refractivity contribution >= 4 is 35.1 Å². The Morgan fingerprint density at radius 2 is 1.38 bits per heavy atom. The van der Waals surface area contributed by atoms with Crippen LogP contribution in [0.2, 0.25) is 5.02 Å². The van der Waals surface area contributed by atoms with E-state index in [1.807, 2.05) is 18.2 Å². The van der Waals surface area contributed by atoms with Crippen LogP contribution in [0.15, 0.2) is 59.6 Å². The molecule has 0 unspecified atom stereocenters. The van der Waals surface area contributed by atoms with E-state index in [2.05, 4.69) is 20.1 Å². The number of amides is 2. The third kappa shape index (κ3) is 7.49. The number of hydrogen-bond acceptors (Lipinski definition) is 7. The molecule has 42 heavy (non-hydrogen) atoms. The lowest BCUT2D eigenvalue weighted by Gasteiger charge is -2.35. The van der Waals surface area contributed by atoms with E-state index in [0.29, 0.717) is 46.6 Å². The van der Waals surface area contributed by atoms with Crippen LogP contribution in [0, 0.1) is 0 Å². The van der Waals surface area contributed by atoms with E-state index in [1.165, 1.54) is 0 Å². The predicted octanol–water partition coefficient (Wildman–Crippen LogP) is 3.35. The summed E-state index contributed by atoms with van der Waals surface area (Å²) >= 11 is 5.98. The van der Waals surface area contributed by atoms with Gasteiger partial charge in [0.1, 0.15) is 0 Å². The van der Waals surface area contributed by atoms with Crippen molar-refractivity contribution in [1.82, 2.24) is 9.80 Å². The summed E-state index contributed by atoms with van der Waals surface area (Å²) in [5, 5.41) is 3.47. The second-order valence-corrected chi connectivity index (χ2v) is 10.2. The van der Waals surface area contributed by atoms with Gasteiger partial charge in [-0.2, -0.15) is 4.99 Å². The van der Waals surface area contributed by atoms with E-state index in [9.17, 15) is 9.59 Å². The zero-order chi connectivity index (χ0) is 30.2. The van der Waals surface area contributed by atoms with Crippen LogP contribution in [-0.4, -0.2) is 75.1 Å². The number of nitrogens with one attached hydrogen (secondary N) is 1. The number of carbonyl (C=O) groups is 2. The maximum atomic E-state index is 13.0. The zero-order valence-electron chi connectivity index (χ0n) is 23.9. The molecule has 2 amide bonds. The Hall–Kier alpha value is -4.32. The number of anilines is 1. The normalized spacial score (nSPS) is 13.7. The first-order valence-corrected chi connectivity index (χ1v) is 13.7. The van der Waals surface area contributed by atoms with E-state index in [-0.39, 0.29) is 17.4 Å². The van der Waals surface area contributed by atoms with Gasteiger partial charge in [0.25, 0.3) is 11.8 Å². The van der Waals surface area contributed by atoms with E-state index in [4.69, 9.17) is 37.3 Å². The van der Waals surface area contributed by atoms with Crippen LogP contribution in [0.4, 0.5) is 5.69 Å². The summed E-state index contributed by atoms with van der Waals surface area (Å²) in [4.78, 5) is 33.8. The molecule has 3 aromatic rings. The number of rotatable bonds is 10. The molecule has 5 N–H and O–H groups in total. The first kappa shape index (κ1) is 30.6. The minimum Gasteiger partial charge on any atom is -0.493 e. The molecule has 0 aliphatic carbocycles. The predicted molar refractivity (Wildman–Crippen MR) is 163 cm³/mol. The van der Waals surface area contributed by atoms with Crippen molar-refractivity contribution in [3.05, 3.63) is 81.9 Å². The first-order valence-electron chi connectivity index (χ1n) is 13.3. The summed E-state index contributed by atoms with van der Waals surface area (Å²) in [6, 6.07) is 15.5. The van der Waals surface area contributed by atoms with Gasteiger partial charge in [-0.15, -0.1) is 0 Å². The van der Waals surface area contributed by atoms with E-state index < -0.39 is 5.91 Å². The molecule has 0 atom stereocenters. The van der Waals surface area contributed by atoms with Gasteiger partial charge in [0, 0.05) is 66.7 Å². The van der Waals surface area contributed by atoms with Crippen molar-refractivity contribution in [2.75, 3.05) is 52.8 Å². The highest BCUT2D eigenvalue weighted by molar-refractivity contribution is 6.30. The highest BCUT2D eigenvalue weighted by atomic mass is 35.5. The SMILES string of the molecule is COc1ccc(CN2CCN(Cc3ccc(C(=O)N=C(N)N)cc3NC(=O)c3ccc(Cl)cc3)CC2)c(OC)c1OC. The highest BCUT2D eigenvalue weighted by Crippen LogP contribution is 2.40. The van der Waals surface area contributed by atoms with Crippen LogP contribution in [0.1, 0.15) is 31.8 Å². The summed E-state index contributed by atoms with van der Waals surface area (Å²) in [5.41, 5.74) is 13.8. The fraction of sp³-hybridized carbons (Fsp3) is 0.300. The minimum atomic E-state index is -0.595. The molecule has 0 radical (unpaired) electrons. The summed E-state index contributed by atoms with van der Waals surface area (Å²) < 4.78 is 16.6. The van der Waals surface area contributed by atoms with Crippen LogP contribution in [0.3, 0.4) is 0 Å². The van der Waals surface area contributed by atoms with Gasteiger partial charge >= 0.3 is 0 Å². The number of benzene rings is 3. The Morgan fingerprint density at radius 3 is 1.95 bits per heavy atom. The van der Waals surface area contributed by atoms with Crippen molar-refractivity contribution in [2.45, 2.75) is 13.1 Å². The van der Waals surface area contributed by atoms with Crippen LogP contribution in [0.5, 0.6) is 17.2 Å². The van der Waals surface area contributed by atoms with Crippen molar-refractivity contribution in [3.8, 4) is 17.2 Å². The summed E-state index contributed by atoms with van der Waals surface area (Å²) in [5.74, 6) is 0.602. The van der Waals surface area contributed by atoms with Crippen molar-refractivity contribution in [1.29, 1.82) is 0 Å². The quantitative estimate of drug-likeness (QED) is 0.238. The van der Waals surface area contributed by atoms with E-state index in [0.717, 1.165) is 37.3 Å². The van der Waals surface area contributed by atoms with E-state index >= 15 is 0 Å². The highest BCUT2D eigenvalue weighted by Gasteiger charge is 2.23. The number of guanidine groups is 1. The lowest BCUT2D eigenvalue weighted by Crippen LogP contribution is -2.45. The molecule has 0 saturated carbocycles. The zero-order valence-corrected chi connectivity index (χ0v) is 24.6. The Bertz CT molecular complexity index is 1450. The van der Waals surface area contributed by atoms with Gasteiger partial charge in [-0.1, -0.05) is 23.7 Å². The molecule has 1 aliphatic rings. The molecule has 3 aromatic carbocycles. The number of ether oxygens (including phenoxy) is 3. The molecular weight excluding hydrogens is 560 g/mol. The maximum absolute atomic E-state index is 13.0. The Morgan fingerprint density at radius 1 is 0.810 bits per heavy atom. The smallest absolute Gasteiger partial charge is 0.280 e. The minimum absolute atomic E-state index is 0.257. The van der Waals surface area contributed by atoms with Gasteiger partial charge in [0.2, 0.25) is 5.75 Å². The number of hydrogen-bond donors (Lipinski definition) is 3. The lowest BCUT2D eigenvalue weighted by atomic mass is 10.1. The topological polar surface area (TPSA) is 145 Å². The molecule has 11 nitrogen and oxygen atoms in total. The second-order valence-electron chi connectivity index (χ2n) is 9.72.